The van der Waals surface area contributed by atoms with Gasteiger partial charge >= 0.3 is 0 Å². The lowest BCUT2D eigenvalue weighted by Gasteiger charge is -2.31. The van der Waals surface area contributed by atoms with E-state index >= 15 is 0 Å². The summed E-state index contributed by atoms with van der Waals surface area (Å²) in [4.78, 5) is 0.198. The number of likely N-dealkylation sites (N-methyl/N-ethyl adjacent to an activating group) is 1. The van der Waals surface area contributed by atoms with Gasteiger partial charge < -0.3 is 5.32 Å². The Bertz CT molecular complexity index is 592. The zero-order chi connectivity index (χ0) is 13.9. The van der Waals surface area contributed by atoms with Gasteiger partial charge in [0.2, 0.25) is 10.0 Å². The smallest absolute Gasteiger partial charge is 0.243 e. The average molecular weight is 279 g/mol. The number of piperidine rings is 1. The van der Waals surface area contributed by atoms with Gasteiger partial charge in [0, 0.05) is 19.1 Å². The van der Waals surface area contributed by atoms with E-state index in [9.17, 15) is 8.42 Å². The van der Waals surface area contributed by atoms with Gasteiger partial charge in [-0.3, -0.25) is 0 Å². The molecule has 1 aromatic carbocycles. The zero-order valence-electron chi connectivity index (χ0n) is 10.8. The molecule has 5 nitrogen and oxygen atoms in total. The first kappa shape index (κ1) is 14.0. The Morgan fingerprint density at radius 1 is 1.47 bits per heavy atom. The predicted octanol–water partition coefficient (Wildman–Crippen LogP) is 0.931. The van der Waals surface area contributed by atoms with Crippen LogP contribution in [-0.2, 0) is 10.0 Å². The second-order valence-corrected chi connectivity index (χ2v) is 6.57. The van der Waals surface area contributed by atoms with Crippen LogP contribution in [-0.4, -0.2) is 38.9 Å². The fraction of sp³-hybridized carbons (Fsp3) is 0.462. The Morgan fingerprint density at radius 2 is 2.26 bits per heavy atom. The maximum absolute atomic E-state index is 12.5. The zero-order valence-corrected chi connectivity index (χ0v) is 11.7. The largest absolute Gasteiger partial charge is 0.316 e. The van der Waals surface area contributed by atoms with Crippen LogP contribution in [0.3, 0.4) is 0 Å². The molecular formula is C13H17N3O2S. The van der Waals surface area contributed by atoms with Crippen LogP contribution in [0.25, 0.3) is 0 Å². The monoisotopic (exact) mass is 279 g/mol. The molecule has 0 aliphatic carbocycles. The minimum absolute atomic E-state index is 0.197. The standard InChI is InChI=1S/C13H17N3O2S/c1-15-12-5-3-7-16(10-12)19(17,18)13-6-2-4-11(8-13)9-14/h2,4,6,8,12,15H,3,5,7,10H2,1H3/t12-/m1/s1. The first-order chi connectivity index (χ1) is 9.07. The lowest BCUT2D eigenvalue weighted by atomic mass is 10.1. The first-order valence-electron chi connectivity index (χ1n) is 6.25. The van der Waals surface area contributed by atoms with E-state index < -0.39 is 10.0 Å². The van der Waals surface area contributed by atoms with Crippen molar-refractivity contribution in [2.24, 2.45) is 0 Å². The van der Waals surface area contributed by atoms with Crippen molar-refractivity contribution in [2.75, 3.05) is 20.1 Å². The predicted molar refractivity (Wildman–Crippen MR) is 72.0 cm³/mol. The summed E-state index contributed by atoms with van der Waals surface area (Å²) in [5, 5.41) is 12.0. The van der Waals surface area contributed by atoms with Gasteiger partial charge in [-0.1, -0.05) is 6.07 Å². The Hall–Kier alpha value is -1.42. The summed E-state index contributed by atoms with van der Waals surface area (Å²) in [7, 11) is -1.65. The van der Waals surface area contributed by atoms with Crippen LogP contribution in [0.2, 0.25) is 0 Å². The number of rotatable bonds is 3. The lowest BCUT2D eigenvalue weighted by molar-refractivity contribution is 0.293. The highest BCUT2D eigenvalue weighted by molar-refractivity contribution is 7.89. The fourth-order valence-electron chi connectivity index (χ4n) is 2.27. The maximum atomic E-state index is 12.5. The van der Waals surface area contributed by atoms with Crippen molar-refractivity contribution in [3.8, 4) is 6.07 Å². The molecule has 0 aromatic heterocycles. The third kappa shape index (κ3) is 2.95. The van der Waals surface area contributed by atoms with Gasteiger partial charge in [0.1, 0.15) is 0 Å². The number of nitrogens with zero attached hydrogens (tertiary/aromatic N) is 2. The number of hydrogen-bond acceptors (Lipinski definition) is 4. The molecule has 0 bridgehead atoms. The summed E-state index contributed by atoms with van der Waals surface area (Å²) in [6.07, 6.45) is 1.84. The molecule has 1 saturated heterocycles. The molecule has 19 heavy (non-hydrogen) atoms. The van der Waals surface area contributed by atoms with Crippen LogP contribution in [0, 0.1) is 11.3 Å². The molecule has 0 amide bonds. The molecule has 1 aliphatic rings. The molecule has 0 radical (unpaired) electrons. The second-order valence-electron chi connectivity index (χ2n) is 4.63. The van der Waals surface area contributed by atoms with Crippen LogP contribution < -0.4 is 5.32 Å². The molecule has 2 rings (SSSR count). The molecule has 1 fully saturated rings. The number of benzene rings is 1. The van der Waals surface area contributed by atoms with Gasteiger partial charge in [-0.25, -0.2) is 8.42 Å². The second kappa shape index (κ2) is 5.70. The summed E-state index contributed by atoms with van der Waals surface area (Å²) < 4.78 is 26.5. The molecule has 0 unspecified atom stereocenters. The quantitative estimate of drug-likeness (QED) is 0.893. The van der Waals surface area contributed by atoms with Crippen LogP contribution in [0.5, 0.6) is 0 Å². The maximum Gasteiger partial charge on any atom is 0.243 e. The number of nitriles is 1. The van der Waals surface area contributed by atoms with E-state index in [-0.39, 0.29) is 10.9 Å². The van der Waals surface area contributed by atoms with Crippen LogP contribution in [0.15, 0.2) is 29.2 Å². The summed E-state index contributed by atoms with van der Waals surface area (Å²) in [6.45, 7) is 1.02. The van der Waals surface area contributed by atoms with E-state index in [0.717, 1.165) is 12.8 Å². The Balaban J connectivity index is 2.29. The van der Waals surface area contributed by atoms with Crippen LogP contribution >= 0.6 is 0 Å². The highest BCUT2D eigenvalue weighted by Gasteiger charge is 2.29. The third-order valence-corrected chi connectivity index (χ3v) is 5.25. The summed E-state index contributed by atoms with van der Waals surface area (Å²) in [5.74, 6) is 0. The van der Waals surface area contributed by atoms with Gasteiger partial charge in [0.15, 0.2) is 0 Å². The van der Waals surface area contributed by atoms with Crippen LogP contribution in [0.4, 0.5) is 0 Å². The van der Waals surface area contributed by atoms with Gasteiger partial charge in [0.05, 0.1) is 16.5 Å². The Kier molecular flexibility index (Phi) is 4.20. The van der Waals surface area contributed by atoms with Crippen molar-refractivity contribution in [3.63, 3.8) is 0 Å². The molecular weight excluding hydrogens is 262 g/mol. The normalized spacial score (nSPS) is 20.9. The van der Waals surface area contributed by atoms with Gasteiger partial charge in [0.25, 0.3) is 0 Å². The van der Waals surface area contributed by atoms with Gasteiger partial charge in [-0.2, -0.15) is 9.57 Å². The summed E-state index contributed by atoms with van der Waals surface area (Å²) >= 11 is 0. The first-order valence-corrected chi connectivity index (χ1v) is 7.69. The van der Waals surface area contributed by atoms with Gasteiger partial charge in [-0.15, -0.1) is 0 Å². The molecule has 1 N–H and O–H groups in total. The molecule has 1 aromatic rings. The molecule has 1 atom stereocenters. The van der Waals surface area contributed by atoms with E-state index in [1.54, 1.807) is 18.2 Å². The van der Waals surface area contributed by atoms with Crippen molar-refractivity contribution < 1.29 is 8.42 Å². The molecule has 102 valence electrons. The lowest BCUT2D eigenvalue weighted by Crippen LogP contribution is -2.46. The Morgan fingerprint density at radius 3 is 2.95 bits per heavy atom. The molecule has 1 aliphatic heterocycles. The minimum Gasteiger partial charge on any atom is -0.316 e. The third-order valence-electron chi connectivity index (χ3n) is 3.39. The molecule has 6 heteroatoms. The van der Waals surface area contributed by atoms with E-state index in [1.165, 1.54) is 10.4 Å². The van der Waals surface area contributed by atoms with E-state index in [1.807, 2.05) is 13.1 Å². The SMILES string of the molecule is CN[C@@H]1CCCN(S(=O)(=O)c2cccc(C#N)c2)C1. The van der Waals surface area contributed by atoms with E-state index in [4.69, 9.17) is 5.26 Å². The van der Waals surface area contributed by atoms with Crippen molar-refractivity contribution in [1.82, 2.24) is 9.62 Å². The fourth-order valence-corrected chi connectivity index (χ4v) is 3.84. The van der Waals surface area contributed by atoms with Crippen molar-refractivity contribution >= 4 is 10.0 Å². The summed E-state index contributed by atoms with van der Waals surface area (Å²) in [5.41, 5.74) is 0.364. The summed E-state index contributed by atoms with van der Waals surface area (Å²) in [6, 6.07) is 8.34. The van der Waals surface area contributed by atoms with Gasteiger partial charge in [-0.05, 0) is 38.1 Å². The minimum atomic E-state index is -3.50. The van der Waals surface area contributed by atoms with Crippen LogP contribution in [0.1, 0.15) is 18.4 Å². The van der Waals surface area contributed by atoms with Crippen molar-refractivity contribution in [2.45, 2.75) is 23.8 Å². The van der Waals surface area contributed by atoms with Crippen molar-refractivity contribution in [3.05, 3.63) is 29.8 Å². The van der Waals surface area contributed by atoms with E-state index in [2.05, 4.69) is 5.32 Å². The topological polar surface area (TPSA) is 73.2 Å². The molecule has 0 spiro atoms. The van der Waals surface area contributed by atoms with E-state index in [0.29, 0.717) is 18.7 Å². The van der Waals surface area contributed by atoms with Crippen molar-refractivity contribution in [1.29, 1.82) is 5.26 Å². The molecule has 1 heterocycles. The average Bonchev–Trinajstić information content (AvgIpc) is 2.47. The number of sulfonamides is 1. The highest BCUT2D eigenvalue weighted by atomic mass is 32.2. The molecule has 0 saturated carbocycles. The Labute approximate surface area is 113 Å². The number of hydrogen-bond donors (Lipinski definition) is 1. The number of nitrogens with one attached hydrogen (secondary N) is 1. The highest BCUT2D eigenvalue weighted by Crippen LogP contribution is 2.21.